The highest BCUT2D eigenvalue weighted by atomic mass is 16.5. The molecule has 2 aromatic rings. The zero-order valence-electron chi connectivity index (χ0n) is 15.8. The Balaban J connectivity index is 1.75. The fourth-order valence-corrected chi connectivity index (χ4v) is 3.44. The van der Waals surface area contributed by atoms with Crippen molar-refractivity contribution in [2.45, 2.75) is 31.7 Å². The molecule has 0 saturated carbocycles. The number of carbonyl (C=O) groups is 1. The molecule has 0 N–H and O–H groups in total. The Bertz CT molecular complexity index is 741. The topological polar surface area (TPSA) is 58.8 Å². The molecule has 26 heavy (non-hydrogen) atoms. The van der Waals surface area contributed by atoms with Gasteiger partial charge in [-0.25, -0.2) is 4.98 Å². The van der Waals surface area contributed by atoms with E-state index in [0.29, 0.717) is 18.9 Å². The standard InChI is InChI=1S/C20H27N3O3/c1-22(2)14-19(24)23-11-7-6-9-17(23)20-21-13-16(26-20)12-15-8-4-5-10-18(15)25-3/h4-5,8,10,13,17H,6-7,9,11-12,14H2,1-3H3/t17-/m0/s1. The molecule has 1 saturated heterocycles. The van der Waals surface area contributed by atoms with Gasteiger partial charge in [-0.2, -0.15) is 0 Å². The van der Waals surface area contributed by atoms with E-state index in [9.17, 15) is 4.79 Å². The van der Waals surface area contributed by atoms with E-state index in [0.717, 1.165) is 42.9 Å². The summed E-state index contributed by atoms with van der Waals surface area (Å²) in [6, 6.07) is 7.83. The Kier molecular flexibility index (Phi) is 5.93. The quantitative estimate of drug-likeness (QED) is 0.796. The average Bonchev–Trinajstić information content (AvgIpc) is 3.10. The van der Waals surface area contributed by atoms with Crippen molar-refractivity contribution >= 4 is 5.91 Å². The molecule has 1 aliphatic rings. The normalized spacial score (nSPS) is 17.5. The zero-order chi connectivity index (χ0) is 18.5. The van der Waals surface area contributed by atoms with Crippen LogP contribution in [0.3, 0.4) is 0 Å². The van der Waals surface area contributed by atoms with Crippen molar-refractivity contribution in [2.24, 2.45) is 0 Å². The number of hydrogen-bond acceptors (Lipinski definition) is 5. The van der Waals surface area contributed by atoms with E-state index < -0.39 is 0 Å². The van der Waals surface area contributed by atoms with E-state index in [1.807, 2.05) is 48.2 Å². The second-order valence-corrected chi connectivity index (χ2v) is 6.99. The molecule has 1 atom stereocenters. The summed E-state index contributed by atoms with van der Waals surface area (Å²) in [5.74, 6) is 2.40. The van der Waals surface area contributed by atoms with Gasteiger partial charge < -0.3 is 19.0 Å². The van der Waals surface area contributed by atoms with Crippen molar-refractivity contribution in [3.63, 3.8) is 0 Å². The third-order valence-corrected chi connectivity index (χ3v) is 4.69. The number of likely N-dealkylation sites (N-methyl/N-ethyl adjacent to an activating group) is 1. The van der Waals surface area contributed by atoms with Gasteiger partial charge in [0.2, 0.25) is 11.8 Å². The first-order chi connectivity index (χ1) is 12.6. The molecule has 1 aromatic heterocycles. The molecule has 6 nitrogen and oxygen atoms in total. The molecule has 1 fully saturated rings. The molecule has 1 aliphatic heterocycles. The molecule has 0 radical (unpaired) electrons. The predicted octanol–water partition coefficient (Wildman–Crippen LogP) is 2.89. The van der Waals surface area contributed by atoms with Gasteiger partial charge in [0, 0.05) is 18.5 Å². The van der Waals surface area contributed by atoms with Crippen molar-refractivity contribution in [3.8, 4) is 5.75 Å². The number of methoxy groups -OCH3 is 1. The summed E-state index contributed by atoms with van der Waals surface area (Å²) < 4.78 is 11.4. The lowest BCUT2D eigenvalue weighted by atomic mass is 10.0. The van der Waals surface area contributed by atoms with E-state index in [4.69, 9.17) is 9.15 Å². The van der Waals surface area contributed by atoms with Gasteiger partial charge in [0.05, 0.1) is 19.9 Å². The molecule has 2 heterocycles. The van der Waals surface area contributed by atoms with Gasteiger partial charge in [0.15, 0.2) is 0 Å². The van der Waals surface area contributed by atoms with E-state index in [1.165, 1.54) is 0 Å². The number of amides is 1. The summed E-state index contributed by atoms with van der Waals surface area (Å²) in [6.45, 7) is 1.17. The second kappa shape index (κ2) is 8.36. The van der Waals surface area contributed by atoms with Crippen LogP contribution in [-0.4, -0.2) is 55.0 Å². The van der Waals surface area contributed by atoms with Gasteiger partial charge in [0.25, 0.3) is 0 Å². The number of nitrogens with zero attached hydrogens (tertiary/aromatic N) is 3. The van der Waals surface area contributed by atoms with Crippen LogP contribution in [-0.2, 0) is 11.2 Å². The number of aromatic nitrogens is 1. The molecule has 0 bridgehead atoms. The Morgan fingerprint density at radius 1 is 1.35 bits per heavy atom. The molecule has 140 valence electrons. The van der Waals surface area contributed by atoms with Crippen LogP contribution in [0.1, 0.15) is 42.5 Å². The molecule has 0 spiro atoms. The highest BCUT2D eigenvalue weighted by molar-refractivity contribution is 5.78. The van der Waals surface area contributed by atoms with Crippen LogP contribution < -0.4 is 4.74 Å². The van der Waals surface area contributed by atoms with E-state index >= 15 is 0 Å². The van der Waals surface area contributed by atoms with Crippen LogP contribution in [0.15, 0.2) is 34.9 Å². The van der Waals surface area contributed by atoms with Crippen molar-refractivity contribution in [1.82, 2.24) is 14.8 Å². The van der Waals surface area contributed by atoms with Crippen LogP contribution in [0.2, 0.25) is 0 Å². The van der Waals surface area contributed by atoms with E-state index in [-0.39, 0.29) is 11.9 Å². The van der Waals surface area contributed by atoms with Crippen LogP contribution >= 0.6 is 0 Å². The van der Waals surface area contributed by atoms with Gasteiger partial charge >= 0.3 is 0 Å². The highest BCUT2D eigenvalue weighted by Crippen LogP contribution is 2.31. The van der Waals surface area contributed by atoms with Gasteiger partial charge in [-0.15, -0.1) is 0 Å². The number of hydrogen-bond donors (Lipinski definition) is 0. The lowest BCUT2D eigenvalue weighted by Crippen LogP contribution is -2.42. The summed E-state index contributed by atoms with van der Waals surface area (Å²) >= 11 is 0. The molecular weight excluding hydrogens is 330 g/mol. The minimum Gasteiger partial charge on any atom is -0.496 e. The maximum absolute atomic E-state index is 12.6. The molecular formula is C20H27N3O3. The Morgan fingerprint density at radius 3 is 2.92 bits per heavy atom. The molecule has 0 unspecified atom stereocenters. The molecule has 6 heteroatoms. The summed E-state index contributed by atoms with van der Waals surface area (Å²) in [5, 5.41) is 0. The molecule has 0 aliphatic carbocycles. The van der Waals surface area contributed by atoms with E-state index in [1.54, 1.807) is 13.3 Å². The molecule has 3 rings (SSSR count). The Hall–Kier alpha value is -2.34. The number of likely N-dealkylation sites (tertiary alicyclic amines) is 1. The molecule has 1 aromatic carbocycles. The number of oxazole rings is 1. The highest BCUT2D eigenvalue weighted by Gasteiger charge is 2.31. The SMILES string of the molecule is COc1ccccc1Cc1cnc([C@@H]2CCCCN2C(=O)CN(C)C)o1. The maximum Gasteiger partial charge on any atom is 0.237 e. The number of ether oxygens (including phenoxy) is 1. The van der Waals surface area contributed by atoms with Gasteiger partial charge in [-0.1, -0.05) is 18.2 Å². The molecule has 1 amide bonds. The lowest BCUT2D eigenvalue weighted by Gasteiger charge is -2.34. The number of benzene rings is 1. The first-order valence-corrected chi connectivity index (χ1v) is 9.09. The van der Waals surface area contributed by atoms with Gasteiger partial charge in [-0.05, 0) is 39.4 Å². The number of piperidine rings is 1. The van der Waals surface area contributed by atoms with Crippen LogP contribution in [0.5, 0.6) is 5.75 Å². The van der Waals surface area contributed by atoms with Crippen molar-refractivity contribution in [1.29, 1.82) is 0 Å². The lowest BCUT2D eigenvalue weighted by molar-refractivity contribution is -0.136. The van der Waals surface area contributed by atoms with E-state index in [2.05, 4.69) is 4.98 Å². The summed E-state index contributed by atoms with van der Waals surface area (Å²) in [6.07, 6.45) is 5.40. The first-order valence-electron chi connectivity index (χ1n) is 9.09. The summed E-state index contributed by atoms with van der Waals surface area (Å²) in [4.78, 5) is 20.9. The number of carbonyl (C=O) groups excluding carboxylic acids is 1. The van der Waals surface area contributed by atoms with Crippen molar-refractivity contribution < 1.29 is 13.9 Å². The maximum atomic E-state index is 12.6. The fourth-order valence-electron chi connectivity index (χ4n) is 3.44. The minimum absolute atomic E-state index is 0.0670. The summed E-state index contributed by atoms with van der Waals surface area (Å²) in [7, 11) is 5.49. The zero-order valence-corrected chi connectivity index (χ0v) is 15.8. The van der Waals surface area contributed by atoms with Gasteiger partial charge in [-0.3, -0.25) is 4.79 Å². The second-order valence-electron chi connectivity index (χ2n) is 6.99. The summed E-state index contributed by atoms with van der Waals surface area (Å²) in [5.41, 5.74) is 1.06. The third kappa shape index (κ3) is 4.25. The number of rotatable bonds is 6. The Labute approximate surface area is 154 Å². The van der Waals surface area contributed by atoms with Gasteiger partial charge in [0.1, 0.15) is 17.6 Å². The van der Waals surface area contributed by atoms with Crippen LogP contribution in [0.4, 0.5) is 0 Å². The third-order valence-electron chi connectivity index (χ3n) is 4.69. The smallest absolute Gasteiger partial charge is 0.237 e. The van der Waals surface area contributed by atoms with Crippen LogP contribution in [0.25, 0.3) is 0 Å². The fraction of sp³-hybridized carbons (Fsp3) is 0.500. The minimum atomic E-state index is -0.0670. The first kappa shape index (κ1) is 18.5. The van der Waals surface area contributed by atoms with Crippen LogP contribution in [0, 0.1) is 0 Å². The Morgan fingerprint density at radius 2 is 2.15 bits per heavy atom. The monoisotopic (exact) mass is 357 g/mol. The van der Waals surface area contributed by atoms with Crippen molar-refractivity contribution in [2.75, 3.05) is 34.3 Å². The van der Waals surface area contributed by atoms with Crippen molar-refractivity contribution in [3.05, 3.63) is 47.7 Å². The number of para-hydroxylation sites is 1. The predicted molar refractivity (Wildman–Crippen MR) is 99.2 cm³/mol. The average molecular weight is 357 g/mol. The largest absolute Gasteiger partial charge is 0.496 e.